The second kappa shape index (κ2) is 4.97. The molecule has 102 valence electrons. The van der Waals surface area contributed by atoms with E-state index in [-0.39, 0.29) is 5.92 Å². The maximum Gasteiger partial charge on any atom is 0.230 e. The number of likely N-dealkylation sites (tertiary alicyclic amines) is 1. The van der Waals surface area contributed by atoms with Crippen molar-refractivity contribution in [3.8, 4) is 0 Å². The lowest BCUT2D eigenvalue weighted by molar-refractivity contribution is -0.124. The molecule has 19 heavy (non-hydrogen) atoms. The molecule has 0 aromatic heterocycles. The summed E-state index contributed by atoms with van der Waals surface area (Å²) in [6.07, 6.45) is 3.00. The zero-order valence-electron chi connectivity index (χ0n) is 11.8. The molecule has 2 aliphatic rings. The van der Waals surface area contributed by atoms with E-state index in [1.807, 2.05) is 11.0 Å². The van der Waals surface area contributed by atoms with E-state index in [0.29, 0.717) is 11.9 Å². The molecule has 3 heteroatoms. The smallest absolute Gasteiger partial charge is 0.230 e. The molecular weight excluding hydrogens is 236 g/mol. The highest BCUT2D eigenvalue weighted by Crippen LogP contribution is 2.34. The van der Waals surface area contributed by atoms with Gasteiger partial charge in [0.15, 0.2) is 0 Å². The predicted molar refractivity (Wildman–Crippen MR) is 77.3 cm³/mol. The fourth-order valence-electron chi connectivity index (χ4n) is 3.35. The molecule has 1 atom stereocenters. The minimum Gasteiger partial charge on any atom is -0.309 e. The Kier molecular flexibility index (Phi) is 3.31. The molecular formula is C16H22N2O. The lowest BCUT2D eigenvalue weighted by atomic mass is 9.95. The topological polar surface area (TPSA) is 23.6 Å². The van der Waals surface area contributed by atoms with Crippen LogP contribution < -0.4 is 4.90 Å². The summed E-state index contributed by atoms with van der Waals surface area (Å²) in [6, 6.07) is 8.64. The van der Waals surface area contributed by atoms with Gasteiger partial charge in [-0.3, -0.25) is 4.79 Å². The van der Waals surface area contributed by atoms with Crippen LogP contribution in [0.15, 0.2) is 24.3 Å². The third-order valence-corrected chi connectivity index (χ3v) is 4.51. The van der Waals surface area contributed by atoms with Crippen molar-refractivity contribution in [2.75, 3.05) is 25.0 Å². The van der Waals surface area contributed by atoms with E-state index in [9.17, 15) is 4.79 Å². The van der Waals surface area contributed by atoms with Crippen LogP contribution >= 0.6 is 0 Å². The van der Waals surface area contributed by atoms with E-state index in [4.69, 9.17) is 0 Å². The molecule has 1 aromatic rings. The van der Waals surface area contributed by atoms with Crippen LogP contribution in [-0.4, -0.2) is 37.0 Å². The van der Waals surface area contributed by atoms with Crippen LogP contribution in [0.25, 0.3) is 0 Å². The SMILES string of the molecule is CC1Cc2ccccc2N1C(=O)C1CCN(C)CC1. The molecule has 3 rings (SSSR count). The summed E-state index contributed by atoms with van der Waals surface area (Å²) >= 11 is 0. The molecule has 0 N–H and O–H groups in total. The first-order valence-corrected chi connectivity index (χ1v) is 7.26. The van der Waals surface area contributed by atoms with Crippen LogP contribution in [0, 0.1) is 5.92 Å². The number of nitrogens with zero attached hydrogens (tertiary/aromatic N) is 2. The average molecular weight is 258 g/mol. The molecule has 3 nitrogen and oxygen atoms in total. The Morgan fingerprint density at radius 2 is 1.89 bits per heavy atom. The first kappa shape index (κ1) is 12.7. The van der Waals surface area contributed by atoms with Crippen molar-refractivity contribution in [1.29, 1.82) is 0 Å². The minimum absolute atomic E-state index is 0.213. The number of fused-ring (bicyclic) bond motifs is 1. The monoisotopic (exact) mass is 258 g/mol. The summed E-state index contributed by atoms with van der Waals surface area (Å²) in [5.74, 6) is 0.551. The molecule has 2 aliphatic heterocycles. The number of anilines is 1. The Hall–Kier alpha value is -1.35. The molecule has 1 aromatic carbocycles. The quantitative estimate of drug-likeness (QED) is 0.771. The van der Waals surface area contributed by atoms with E-state index in [0.717, 1.165) is 38.0 Å². The molecule has 0 bridgehead atoms. The van der Waals surface area contributed by atoms with Gasteiger partial charge in [0, 0.05) is 17.6 Å². The maximum atomic E-state index is 12.8. The lowest BCUT2D eigenvalue weighted by Crippen LogP contribution is -2.44. The molecule has 0 radical (unpaired) electrons. The molecule has 2 heterocycles. The van der Waals surface area contributed by atoms with E-state index in [1.165, 1.54) is 5.56 Å². The summed E-state index contributed by atoms with van der Waals surface area (Å²) in [7, 11) is 2.13. The standard InChI is InChI=1S/C16H22N2O/c1-12-11-14-5-3-4-6-15(14)18(12)16(19)13-7-9-17(2)10-8-13/h3-6,12-13H,7-11H2,1-2H3. The largest absolute Gasteiger partial charge is 0.309 e. The van der Waals surface area contributed by atoms with Gasteiger partial charge in [-0.05, 0) is 58.0 Å². The number of carbonyl (C=O) groups is 1. The lowest BCUT2D eigenvalue weighted by Gasteiger charge is -2.32. The Bertz CT molecular complexity index is 477. The van der Waals surface area contributed by atoms with Gasteiger partial charge in [-0.2, -0.15) is 0 Å². The molecule has 1 fully saturated rings. The molecule has 0 saturated carbocycles. The van der Waals surface area contributed by atoms with Gasteiger partial charge >= 0.3 is 0 Å². The van der Waals surface area contributed by atoms with Gasteiger partial charge in [-0.1, -0.05) is 18.2 Å². The van der Waals surface area contributed by atoms with Crippen LogP contribution in [0.5, 0.6) is 0 Å². The number of para-hydroxylation sites is 1. The Balaban J connectivity index is 1.80. The minimum atomic E-state index is 0.213. The van der Waals surface area contributed by atoms with Crippen molar-refractivity contribution in [1.82, 2.24) is 4.90 Å². The fourth-order valence-corrected chi connectivity index (χ4v) is 3.35. The summed E-state index contributed by atoms with van der Waals surface area (Å²) in [6.45, 7) is 4.24. The second-order valence-electron chi connectivity index (χ2n) is 5.97. The van der Waals surface area contributed by atoms with Crippen LogP contribution in [0.2, 0.25) is 0 Å². The molecule has 1 saturated heterocycles. The van der Waals surface area contributed by atoms with Gasteiger partial charge in [0.25, 0.3) is 0 Å². The summed E-state index contributed by atoms with van der Waals surface area (Å²) in [4.78, 5) is 17.1. The normalized spacial score (nSPS) is 24.5. The van der Waals surface area contributed by atoms with Crippen LogP contribution in [0.3, 0.4) is 0 Å². The zero-order chi connectivity index (χ0) is 13.4. The predicted octanol–water partition coefficient (Wildman–Crippen LogP) is 2.31. The van der Waals surface area contributed by atoms with Gasteiger partial charge < -0.3 is 9.80 Å². The Labute approximate surface area is 115 Å². The molecule has 1 amide bonds. The second-order valence-corrected chi connectivity index (χ2v) is 5.97. The Morgan fingerprint density at radius 3 is 2.63 bits per heavy atom. The van der Waals surface area contributed by atoms with E-state index < -0.39 is 0 Å². The molecule has 1 unspecified atom stereocenters. The number of hydrogen-bond donors (Lipinski definition) is 0. The van der Waals surface area contributed by atoms with E-state index in [1.54, 1.807) is 0 Å². The fraction of sp³-hybridized carbons (Fsp3) is 0.562. The number of rotatable bonds is 1. The van der Waals surface area contributed by atoms with Crippen molar-refractivity contribution in [3.63, 3.8) is 0 Å². The number of benzene rings is 1. The van der Waals surface area contributed by atoms with Crippen LogP contribution in [-0.2, 0) is 11.2 Å². The summed E-state index contributed by atoms with van der Waals surface area (Å²) in [5.41, 5.74) is 2.45. The van der Waals surface area contributed by atoms with Crippen molar-refractivity contribution < 1.29 is 4.79 Å². The first-order chi connectivity index (χ1) is 9.16. The average Bonchev–Trinajstić information content (AvgIpc) is 2.74. The molecule has 0 aliphatic carbocycles. The van der Waals surface area contributed by atoms with Crippen molar-refractivity contribution >= 4 is 11.6 Å². The van der Waals surface area contributed by atoms with E-state index >= 15 is 0 Å². The summed E-state index contributed by atoms with van der Waals surface area (Å²) < 4.78 is 0. The van der Waals surface area contributed by atoms with Gasteiger partial charge in [0.05, 0.1) is 0 Å². The zero-order valence-corrected chi connectivity index (χ0v) is 11.8. The summed E-state index contributed by atoms with van der Waals surface area (Å²) in [5, 5.41) is 0. The van der Waals surface area contributed by atoms with E-state index in [2.05, 4.69) is 37.1 Å². The highest BCUT2D eigenvalue weighted by Gasteiger charge is 2.35. The third kappa shape index (κ3) is 2.27. The van der Waals surface area contributed by atoms with Gasteiger partial charge in [-0.25, -0.2) is 0 Å². The molecule has 0 spiro atoms. The number of hydrogen-bond acceptors (Lipinski definition) is 2. The number of carbonyl (C=O) groups excluding carboxylic acids is 1. The van der Waals surface area contributed by atoms with Gasteiger partial charge in [0.1, 0.15) is 0 Å². The van der Waals surface area contributed by atoms with Crippen LogP contribution in [0.4, 0.5) is 5.69 Å². The highest BCUT2D eigenvalue weighted by atomic mass is 16.2. The van der Waals surface area contributed by atoms with Crippen molar-refractivity contribution in [2.45, 2.75) is 32.2 Å². The Morgan fingerprint density at radius 1 is 1.21 bits per heavy atom. The van der Waals surface area contributed by atoms with Crippen molar-refractivity contribution in [3.05, 3.63) is 29.8 Å². The van der Waals surface area contributed by atoms with Gasteiger partial charge in [0.2, 0.25) is 5.91 Å². The number of piperidine rings is 1. The van der Waals surface area contributed by atoms with Crippen molar-refractivity contribution in [2.24, 2.45) is 5.92 Å². The number of amides is 1. The highest BCUT2D eigenvalue weighted by molar-refractivity contribution is 5.97. The maximum absolute atomic E-state index is 12.8. The first-order valence-electron chi connectivity index (χ1n) is 7.26. The van der Waals surface area contributed by atoms with Gasteiger partial charge in [-0.15, -0.1) is 0 Å². The van der Waals surface area contributed by atoms with Crippen LogP contribution in [0.1, 0.15) is 25.3 Å². The third-order valence-electron chi connectivity index (χ3n) is 4.51.